The molecule has 0 radical (unpaired) electrons. The van der Waals surface area contributed by atoms with Crippen molar-refractivity contribution in [1.82, 2.24) is 10.2 Å². The Labute approximate surface area is 189 Å². The number of methoxy groups -OCH3 is 1. The molecule has 1 aliphatic heterocycles. The van der Waals surface area contributed by atoms with Crippen LogP contribution in [0.3, 0.4) is 0 Å². The smallest absolute Gasteiger partial charge is 0.193 e. The molecule has 1 unspecified atom stereocenters. The van der Waals surface area contributed by atoms with Crippen LogP contribution in [0, 0.1) is 5.92 Å². The lowest BCUT2D eigenvalue weighted by Gasteiger charge is -2.21. The zero-order valence-electron chi connectivity index (χ0n) is 16.0. The number of likely N-dealkylation sites (tertiary alicyclic amines) is 1. The molecule has 0 aliphatic carbocycles. The normalized spacial score (nSPS) is 17.1. The van der Waals surface area contributed by atoms with Gasteiger partial charge in [-0.25, -0.2) is 0 Å². The Bertz CT molecular complexity index is 590. The minimum atomic E-state index is 0. The molecule has 5 nitrogen and oxygen atoms in total. The highest BCUT2D eigenvalue weighted by Crippen LogP contribution is 2.22. The summed E-state index contributed by atoms with van der Waals surface area (Å²) in [6.45, 7) is 4.95. The largest absolute Gasteiger partial charge is 0.382 e. The molecule has 27 heavy (non-hydrogen) atoms. The van der Waals surface area contributed by atoms with Gasteiger partial charge >= 0.3 is 0 Å². The topological polar surface area (TPSA) is 46.1 Å². The van der Waals surface area contributed by atoms with Gasteiger partial charge in [0, 0.05) is 49.8 Å². The molecule has 1 N–H and O–H groups in total. The van der Waals surface area contributed by atoms with Crippen LogP contribution in [0.25, 0.3) is 0 Å². The van der Waals surface area contributed by atoms with E-state index in [0.717, 1.165) is 62.0 Å². The third-order valence-electron chi connectivity index (χ3n) is 4.50. The lowest BCUT2D eigenvalue weighted by molar-refractivity contribution is 0.0536. The molecule has 1 atom stereocenters. The van der Waals surface area contributed by atoms with Crippen LogP contribution in [-0.2, 0) is 15.9 Å². The maximum Gasteiger partial charge on any atom is 0.193 e. The Morgan fingerprint density at radius 2 is 2.15 bits per heavy atom. The summed E-state index contributed by atoms with van der Waals surface area (Å²) in [5.74, 6) is 1.52. The number of ether oxygens (including phenoxy) is 2. The second-order valence-electron chi connectivity index (χ2n) is 6.48. The maximum atomic E-state index is 6.22. The molecule has 0 bridgehead atoms. The third kappa shape index (κ3) is 8.73. The summed E-state index contributed by atoms with van der Waals surface area (Å²) in [5, 5.41) is 4.86. The second kappa shape index (κ2) is 13.8. The lowest BCUT2D eigenvalue weighted by Crippen LogP contribution is -2.40. The van der Waals surface area contributed by atoms with Crippen molar-refractivity contribution in [2.75, 3.05) is 53.6 Å². The van der Waals surface area contributed by atoms with Crippen molar-refractivity contribution < 1.29 is 9.47 Å². The van der Waals surface area contributed by atoms with Crippen molar-refractivity contribution in [3.63, 3.8) is 0 Å². The minimum Gasteiger partial charge on any atom is -0.382 e. The fraction of sp³-hybridized carbons (Fsp3) is 0.632. The number of rotatable bonds is 9. The molecule has 0 saturated carbocycles. The van der Waals surface area contributed by atoms with Crippen LogP contribution in [0.15, 0.2) is 23.2 Å². The van der Waals surface area contributed by atoms with Crippen LogP contribution in [-0.4, -0.2) is 64.5 Å². The SMILES string of the molecule is CN=C(NCCCc1ccc(Cl)cc1Cl)N1CCC(COCCOC)C1.I. The van der Waals surface area contributed by atoms with Crippen molar-refractivity contribution in [3.8, 4) is 0 Å². The van der Waals surface area contributed by atoms with Crippen LogP contribution >= 0.6 is 47.2 Å². The van der Waals surface area contributed by atoms with E-state index in [0.29, 0.717) is 24.2 Å². The molecule has 1 aliphatic rings. The van der Waals surface area contributed by atoms with Crippen molar-refractivity contribution in [3.05, 3.63) is 33.8 Å². The first-order valence-electron chi connectivity index (χ1n) is 9.10. The number of halogens is 3. The highest BCUT2D eigenvalue weighted by Gasteiger charge is 2.24. The fourth-order valence-corrected chi connectivity index (χ4v) is 3.59. The molecule has 154 valence electrons. The number of hydrogen-bond donors (Lipinski definition) is 1. The van der Waals surface area contributed by atoms with E-state index >= 15 is 0 Å². The van der Waals surface area contributed by atoms with Crippen LogP contribution < -0.4 is 5.32 Å². The Balaban J connectivity index is 0.00000364. The molecule has 8 heteroatoms. The summed E-state index contributed by atoms with van der Waals surface area (Å²) in [6.07, 6.45) is 3.03. The van der Waals surface area contributed by atoms with E-state index in [9.17, 15) is 0 Å². The number of nitrogens with zero attached hydrogens (tertiary/aromatic N) is 2. The highest BCUT2D eigenvalue weighted by atomic mass is 127. The summed E-state index contributed by atoms with van der Waals surface area (Å²) < 4.78 is 10.7. The summed E-state index contributed by atoms with van der Waals surface area (Å²) >= 11 is 12.2. The van der Waals surface area contributed by atoms with Crippen LogP contribution in [0.2, 0.25) is 10.0 Å². The van der Waals surface area contributed by atoms with E-state index in [1.54, 1.807) is 13.2 Å². The van der Waals surface area contributed by atoms with Gasteiger partial charge in [0.1, 0.15) is 0 Å². The summed E-state index contributed by atoms with van der Waals surface area (Å²) in [7, 11) is 3.53. The first-order valence-corrected chi connectivity index (χ1v) is 9.85. The molecular weight excluding hydrogens is 500 g/mol. The van der Waals surface area contributed by atoms with E-state index in [-0.39, 0.29) is 24.0 Å². The van der Waals surface area contributed by atoms with Gasteiger partial charge in [0.15, 0.2) is 5.96 Å². The molecule has 1 fully saturated rings. The first kappa shape index (κ1) is 24.8. The monoisotopic (exact) mass is 529 g/mol. The molecule has 1 aromatic rings. The third-order valence-corrected chi connectivity index (χ3v) is 5.09. The Kier molecular flexibility index (Phi) is 12.7. The standard InChI is InChI=1S/C19H29Cl2N3O2.HI/c1-22-19(24-9-7-15(13-24)14-26-11-10-25-2)23-8-3-4-16-5-6-17(20)12-18(16)21;/h5-6,12,15H,3-4,7-11,13-14H2,1-2H3,(H,22,23);1H. The van der Waals surface area contributed by atoms with Gasteiger partial charge in [0.05, 0.1) is 19.8 Å². The summed E-state index contributed by atoms with van der Waals surface area (Å²) in [5.41, 5.74) is 1.13. The fourth-order valence-electron chi connectivity index (χ4n) is 3.09. The van der Waals surface area contributed by atoms with Crippen LogP contribution in [0.1, 0.15) is 18.4 Å². The van der Waals surface area contributed by atoms with Crippen molar-refractivity contribution in [2.24, 2.45) is 10.9 Å². The summed E-state index contributed by atoms with van der Waals surface area (Å²) in [4.78, 5) is 6.72. The van der Waals surface area contributed by atoms with Gasteiger partial charge in [-0.3, -0.25) is 4.99 Å². The Morgan fingerprint density at radius 3 is 2.85 bits per heavy atom. The number of nitrogens with one attached hydrogen (secondary N) is 1. The van der Waals surface area contributed by atoms with Crippen molar-refractivity contribution in [1.29, 1.82) is 0 Å². The average molecular weight is 530 g/mol. The zero-order valence-corrected chi connectivity index (χ0v) is 19.9. The molecule has 0 amide bonds. The Morgan fingerprint density at radius 1 is 1.33 bits per heavy atom. The number of benzene rings is 1. The predicted molar refractivity (Wildman–Crippen MR) is 124 cm³/mol. The molecule has 2 rings (SSSR count). The van der Waals surface area contributed by atoms with Crippen molar-refractivity contribution >= 4 is 53.1 Å². The van der Waals surface area contributed by atoms with E-state index in [1.165, 1.54) is 0 Å². The Hall–Kier alpha value is -0.280. The molecule has 1 heterocycles. The molecule has 0 aromatic heterocycles. The molecular formula is C19H30Cl2IN3O2. The van der Waals surface area contributed by atoms with Gasteiger partial charge in [-0.05, 0) is 37.0 Å². The molecule has 1 saturated heterocycles. The van der Waals surface area contributed by atoms with Crippen LogP contribution in [0.5, 0.6) is 0 Å². The summed E-state index contributed by atoms with van der Waals surface area (Å²) in [6, 6.07) is 5.67. The highest BCUT2D eigenvalue weighted by molar-refractivity contribution is 14.0. The van der Waals surface area contributed by atoms with Crippen LogP contribution in [0.4, 0.5) is 0 Å². The maximum absolute atomic E-state index is 6.22. The predicted octanol–water partition coefficient (Wildman–Crippen LogP) is 4.10. The number of guanidine groups is 1. The minimum absolute atomic E-state index is 0. The average Bonchev–Trinajstić information content (AvgIpc) is 3.09. The van der Waals surface area contributed by atoms with Gasteiger partial charge < -0.3 is 19.7 Å². The van der Waals surface area contributed by atoms with Gasteiger partial charge in [-0.1, -0.05) is 29.3 Å². The number of aliphatic imine (C=N–C) groups is 1. The van der Waals surface area contributed by atoms with E-state index in [1.807, 2.05) is 19.2 Å². The molecule has 0 spiro atoms. The van der Waals surface area contributed by atoms with E-state index in [2.05, 4.69) is 15.2 Å². The quantitative estimate of drug-likeness (QED) is 0.226. The van der Waals surface area contributed by atoms with Gasteiger partial charge in [0.2, 0.25) is 0 Å². The zero-order chi connectivity index (χ0) is 18.8. The van der Waals surface area contributed by atoms with Gasteiger partial charge in [-0.2, -0.15) is 0 Å². The number of aryl methyl sites for hydroxylation is 1. The lowest BCUT2D eigenvalue weighted by atomic mass is 10.1. The molecule has 1 aromatic carbocycles. The number of hydrogen-bond acceptors (Lipinski definition) is 3. The van der Waals surface area contributed by atoms with E-state index < -0.39 is 0 Å². The second-order valence-corrected chi connectivity index (χ2v) is 7.33. The van der Waals surface area contributed by atoms with Crippen molar-refractivity contribution in [2.45, 2.75) is 19.3 Å². The van der Waals surface area contributed by atoms with E-state index in [4.69, 9.17) is 32.7 Å². The van der Waals surface area contributed by atoms with Gasteiger partial charge in [-0.15, -0.1) is 24.0 Å². The first-order chi connectivity index (χ1) is 12.6. The van der Waals surface area contributed by atoms with Gasteiger partial charge in [0.25, 0.3) is 0 Å².